The van der Waals surface area contributed by atoms with E-state index in [4.69, 9.17) is 21.2 Å². The maximum atomic E-state index is 11.7. The molecule has 3 N–H and O–H groups in total. The highest BCUT2D eigenvalue weighted by Gasteiger charge is 2.20. The second-order valence-electron chi connectivity index (χ2n) is 4.71. The molecule has 0 fully saturated rings. The molecule has 0 saturated carbocycles. The van der Waals surface area contributed by atoms with Crippen molar-refractivity contribution < 1.29 is 32.1 Å². The first-order valence-corrected chi connectivity index (χ1v) is 8.54. The first kappa shape index (κ1) is 19.4. The van der Waals surface area contributed by atoms with Crippen molar-refractivity contribution in [2.45, 2.75) is 5.09 Å². The second-order valence-corrected chi connectivity index (χ2v) is 6.61. The van der Waals surface area contributed by atoms with Gasteiger partial charge in [0.2, 0.25) is 10.9 Å². The van der Waals surface area contributed by atoms with Gasteiger partial charge in [0.1, 0.15) is 5.02 Å². The standard InChI is InChI=1S/C13H10ClN3O8S/c14-8-2-1-7(5-9(8)17(20)21)16-11(18)6-24-13(19)10-3-4-12(25-10)26(15,22)23/h1-5H,6H2,(H,16,18)(H2,15,22,23). The van der Waals surface area contributed by atoms with E-state index >= 15 is 0 Å². The fourth-order valence-electron chi connectivity index (χ4n) is 1.71. The highest BCUT2D eigenvalue weighted by molar-refractivity contribution is 7.89. The summed E-state index contributed by atoms with van der Waals surface area (Å²) in [4.78, 5) is 33.5. The van der Waals surface area contributed by atoms with Crippen molar-refractivity contribution in [3.05, 3.63) is 51.2 Å². The number of sulfonamides is 1. The average molecular weight is 404 g/mol. The van der Waals surface area contributed by atoms with Crippen LogP contribution in [0.1, 0.15) is 10.6 Å². The minimum absolute atomic E-state index is 0.0664. The van der Waals surface area contributed by atoms with E-state index in [2.05, 4.69) is 10.1 Å². The summed E-state index contributed by atoms with van der Waals surface area (Å²) in [5, 5.41) is 17.1. The van der Waals surface area contributed by atoms with Gasteiger partial charge in [-0.25, -0.2) is 18.4 Å². The number of amides is 1. The summed E-state index contributed by atoms with van der Waals surface area (Å²) in [6.07, 6.45) is 0. The zero-order valence-corrected chi connectivity index (χ0v) is 14.2. The first-order chi connectivity index (χ1) is 12.1. The molecular formula is C13H10ClN3O8S. The molecule has 11 nitrogen and oxygen atoms in total. The van der Waals surface area contributed by atoms with Gasteiger partial charge >= 0.3 is 5.97 Å². The van der Waals surface area contributed by atoms with Crippen LogP contribution in [-0.4, -0.2) is 31.8 Å². The van der Waals surface area contributed by atoms with Crippen LogP contribution in [0.4, 0.5) is 11.4 Å². The number of nitrogens with zero attached hydrogens (tertiary/aromatic N) is 1. The minimum Gasteiger partial charge on any atom is -0.450 e. The fourth-order valence-corrected chi connectivity index (χ4v) is 2.36. The molecule has 13 heteroatoms. The summed E-state index contributed by atoms with van der Waals surface area (Å²) in [6.45, 7) is -0.749. The monoisotopic (exact) mass is 403 g/mol. The lowest BCUT2D eigenvalue weighted by Crippen LogP contribution is -2.20. The van der Waals surface area contributed by atoms with Gasteiger partial charge < -0.3 is 14.5 Å². The van der Waals surface area contributed by atoms with E-state index in [1.165, 1.54) is 12.1 Å². The van der Waals surface area contributed by atoms with Gasteiger partial charge in [0.15, 0.2) is 6.61 Å². The molecule has 0 aliphatic rings. The molecule has 2 aromatic rings. The van der Waals surface area contributed by atoms with Crippen molar-refractivity contribution in [2.75, 3.05) is 11.9 Å². The number of ether oxygens (including phenoxy) is 1. The smallest absolute Gasteiger partial charge is 0.374 e. The number of halogens is 1. The van der Waals surface area contributed by atoms with E-state index in [0.29, 0.717) is 0 Å². The number of esters is 1. The Bertz CT molecular complexity index is 985. The number of nitrogens with one attached hydrogen (secondary N) is 1. The molecule has 0 saturated heterocycles. The lowest BCUT2D eigenvalue weighted by molar-refractivity contribution is -0.384. The van der Waals surface area contributed by atoms with E-state index in [-0.39, 0.29) is 10.7 Å². The van der Waals surface area contributed by atoms with Crippen LogP contribution in [-0.2, 0) is 19.6 Å². The normalized spacial score (nSPS) is 11.0. The third kappa shape index (κ3) is 4.78. The summed E-state index contributed by atoms with van der Waals surface area (Å²) in [5.74, 6) is -2.37. The Morgan fingerprint density at radius 3 is 2.58 bits per heavy atom. The molecule has 0 aliphatic carbocycles. The highest BCUT2D eigenvalue weighted by Crippen LogP contribution is 2.27. The number of nitrogens with two attached hydrogens (primary N) is 1. The highest BCUT2D eigenvalue weighted by atomic mass is 35.5. The van der Waals surface area contributed by atoms with Gasteiger partial charge in [-0.05, 0) is 24.3 Å². The number of anilines is 1. The molecule has 1 heterocycles. The number of carbonyl (C=O) groups excluding carboxylic acids is 2. The predicted molar refractivity (Wildman–Crippen MR) is 87.1 cm³/mol. The Morgan fingerprint density at radius 1 is 1.31 bits per heavy atom. The number of nitro benzene ring substituents is 1. The Kier molecular flexibility index (Phi) is 5.59. The van der Waals surface area contributed by atoms with Crippen LogP contribution >= 0.6 is 11.6 Å². The maximum Gasteiger partial charge on any atom is 0.374 e. The van der Waals surface area contributed by atoms with Crippen molar-refractivity contribution in [1.29, 1.82) is 0 Å². The van der Waals surface area contributed by atoms with Crippen LogP contribution in [0.2, 0.25) is 5.02 Å². The summed E-state index contributed by atoms with van der Waals surface area (Å²) in [5.41, 5.74) is -0.343. The minimum atomic E-state index is -4.12. The van der Waals surface area contributed by atoms with Crippen LogP contribution in [0.15, 0.2) is 39.8 Å². The molecular weight excluding hydrogens is 394 g/mol. The number of nitro groups is 1. The van der Waals surface area contributed by atoms with Gasteiger partial charge in [-0.1, -0.05) is 11.6 Å². The first-order valence-electron chi connectivity index (χ1n) is 6.61. The van der Waals surface area contributed by atoms with Gasteiger partial charge in [0, 0.05) is 11.8 Å². The summed E-state index contributed by atoms with van der Waals surface area (Å²) < 4.78 is 31.5. The van der Waals surface area contributed by atoms with Gasteiger partial charge in [0.05, 0.1) is 4.92 Å². The van der Waals surface area contributed by atoms with E-state index in [0.717, 1.165) is 18.2 Å². The van der Waals surface area contributed by atoms with Crippen LogP contribution in [0, 0.1) is 10.1 Å². The molecule has 0 radical (unpaired) electrons. The maximum absolute atomic E-state index is 11.7. The molecule has 1 amide bonds. The van der Waals surface area contributed by atoms with E-state index in [1.807, 2.05) is 0 Å². The molecule has 1 aromatic carbocycles. The molecule has 0 atom stereocenters. The topological polar surface area (TPSA) is 172 Å². The molecule has 0 spiro atoms. The van der Waals surface area contributed by atoms with Gasteiger partial charge in [-0.2, -0.15) is 0 Å². The SMILES string of the molecule is NS(=O)(=O)c1ccc(C(=O)OCC(=O)Nc2ccc(Cl)c([N+](=O)[O-])c2)o1. The number of carbonyl (C=O) groups is 2. The van der Waals surface area contributed by atoms with Gasteiger partial charge in [-0.15, -0.1) is 0 Å². The van der Waals surface area contributed by atoms with Crippen LogP contribution in [0.3, 0.4) is 0 Å². The van der Waals surface area contributed by atoms with Gasteiger partial charge in [-0.3, -0.25) is 14.9 Å². The zero-order valence-electron chi connectivity index (χ0n) is 12.7. The van der Waals surface area contributed by atoms with Crippen LogP contribution in [0.25, 0.3) is 0 Å². The van der Waals surface area contributed by atoms with Crippen LogP contribution in [0.5, 0.6) is 0 Å². The summed E-state index contributed by atoms with van der Waals surface area (Å²) in [7, 11) is -4.12. The van der Waals surface area contributed by atoms with E-state index < -0.39 is 50.0 Å². The number of primary sulfonamides is 1. The molecule has 0 bridgehead atoms. The number of rotatable bonds is 6. The number of furan rings is 1. The molecule has 0 unspecified atom stereocenters. The predicted octanol–water partition coefficient (Wildman–Crippen LogP) is 1.28. The summed E-state index contributed by atoms with van der Waals surface area (Å²) in [6, 6.07) is 5.55. The van der Waals surface area contributed by atoms with E-state index in [9.17, 15) is 28.1 Å². The molecule has 0 aliphatic heterocycles. The fraction of sp³-hybridized carbons (Fsp3) is 0.0769. The van der Waals surface area contributed by atoms with Gasteiger partial charge in [0.25, 0.3) is 21.6 Å². The van der Waals surface area contributed by atoms with Crippen molar-refractivity contribution in [1.82, 2.24) is 0 Å². The number of benzene rings is 1. The third-order valence-corrected chi connectivity index (χ3v) is 3.92. The number of hydrogen-bond acceptors (Lipinski definition) is 8. The van der Waals surface area contributed by atoms with Crippen molar-refractivity contribution in [2.24, 2.45) is 5.14 Å². The molecule has 26 heavy (non-hydrogen) atoms. The van der Waals surface area contributed by atoms with E-state index in [1.54, 1.807) is 0 Å². The lowest BCUT2D eigenvalue weighted by atomic mass is 10.3. The Morgan fingerprint density at radius 2 is 2.00 bits per heavy atom. The largest absolute Gasteiger partial charge is 0.450 e. The zero-order chi connectivity index (χ0) is 19.5. The number of hydrogen-bond donors (Lipinski definition) is 2. The summed E-state index contributed by atoms with van der Waals surface area (Å²) >= 11 is 5.65. The lowest BCUT2D eigenvalue weighted by Gasteiger charge is -2.06. The Hall–Kier alpha value is -2.96. The Balaban J connectivity index is 1.96. The average Bonchev–Trinajstić information content (AvgIpc) is 3.04. The van der Waals surface area contributed by atoms with Crippen molar-refractivity contribution >= 4 is 44.9 Å². The molecule has 1 aromatic heterocycles. The van der Waals surface area contributed by atoms with Crippen molar-refractivity contribution in [3.8, 4) is 0 Å². The Labute approximate surface area is 150 Å². The third-order valence-electron chi connectivity index (χ3n) is 2.82. The quantitative estimate of drug-likeness (QED) is 0.412. The van der Waals surface area contributed by atoms with Crippen molar-refractivity contribution in [3.63, 3.8) is 0 Å². The second kappa shape index (κ2) is 7.51. The molecule has 2 rings (SSSR count). The molecule has 138 valence electrons. The van der Waals surface area contributed by atoms with Crippen LogP contribution < -0.4 is 10.5 Å².